The van der Waals surface area contributed by atoms with E-state index in [0.717, 1.165) is 16.0 Å². The van der Waals surface area contributed by atoms with Crippen LogP contribution in [0, 0.1) is 13.8 Å². The van der Waals surface area contributed by atoms with Crippen LogP contribution in [0.1, 0.15) is 17.0 Å². The van der Waals surface area contributed by atoms with Gasteiger partial charge in [-0.05, 0) is 32.0 Å². The minimum atomic E-state index is -0.238. The summed E-state index contributed by atoms with van der Waals surface area (Å²) in [6, 6.07) is 15.3. The average molecular weight is 424 g/mol. The third kappa shape index (κ3) is 4.58. The van der Waals surface area contributed by atoms with Gasteiger partial charge < -0.3 is 0 Å². The number of thioether (sulfide) groups is 1. The predicted molar refractivity (Wildman–Crippen MR) is 118 cm³/mol. The molecule has 0 bridgehead atoms. The molecule has 2 aromatic carbocycles. The highest BCUT2D eigenvalue weighted by atomic mass is 35.5. The van der Waals surface area contributed by atoms with E-state index in [2.05, 4.69) is 56.4 Å². The zero-order valence-electron chi connectivity index (χ0n) is 15.9. The van der Waals surface area contributed by atoms with Crippen LogP contribution >= 0.6 is 23.4 Å². The van der Waals surface area contributed by atoms with E-state index < -0.39 is 0 Å². The van der Waals surface area contributed by atoms with Crippen molar-refractivity contribution in [1.29, 1.82) is 0 Å². The molecule has 0 saturated heterocycles. The molecule has 2 aromatic heterocycles. The molecule has 0 amide bonds. The molecule has 2 heterocycles. The van der Waals surface area contributed by atoms with Gasteiger partial charge in [0.1, 0.15) is 0 Å². The van der Waals surface area contributed by atoms with Crippen LogP contribution < -0.4 is 10.9 Å². The van der Waals surface area contributed by atoms with Gasteiger partial charge in [0.05, 0.1) is 21.9 Å². The van der Waals surface area contributed by atoms with Crippen LogP contribution in [-0.4, -0.2) is 19.9 Å². The number of nitrogens with zero attached hydrogens (tertiary/aromatic N) is 3. The lowest BCUT2D eigenvalue weighted by atomic mass is 10.2. The smallest absolute Gasteiger partial charge is 0.252 e. The fourth-order valence-corrected chi connectivity index (χ4v) is 3.87. The Labute approximate surface area is 176 Å². The number of aryl methyl sites for hydroxylation is 2. The molecule has 0 radical (unpaired) electrons. The molecule has 29 heavy (non-hydrogen) atoms. The summed E-state index contributed by atoms with van der Waals surface area (Å²) in [5, 5.41) is 4.42. The van der Waals surface area contributed by atoms with Gasteiger partial charge in [-0.3, -0.25) is 15.1 Å². The van der Waals surface area contributed by atoms with E-state index in [4.69, 9.17) is 11.6 Å². The largest absolute Gasteiger partial charge is 0.294 e. The third-order valence-electron chi connectivity index (χ3n) is 4.30. The van der Waals surface area contributed by atoms with Crippen molar-refractivity contribution in [2.24, 2.45) is 0 Å². The van der Waals surface area contributed by atoms with Crippen molar-refractivity contribution in [2.45, 2.75) is 24.5 Å². The van der Waals surface area contributed by atoms with E-state index in [1.165, 1.54) is 11.6 Å². The lowest BCUT2D eigenvalue weighted by Gasteiger charge is -2.09. The van der Waals surface area contributed by atoms with Crippen LogP contribution in [0.15, 0.2) is 58.2 Å². The fraction of sp³-hybridized carbons (Fsp3) is 0.143. The molecule has 0 atom stereocenters. The molecule has 4 aromatic rings. The van der Waals surface area contributed by atoms with Gasteiger partial charge in [0.25, 0.3) is 5.56 Å². The van der Waals surface area contributed by atoms with Crippen molar-refractivity contribution >= 4 is 46.2 Å². The molecular weight excluding hydrogens is 406 g/mol. The van der Waals surface area contributed by atoms with Crippen molar-refractivity contribution in [3.05, 3.63) is 80.9 Å². The summed E-state index contributed by atoms with van der Waals surface area (Å²) in [7, 11) is 0. The topological polar surface area (TPSA) is 83.6 Å². The van der Waals surface area contributed by atoms with Gasteiger partial charge >= 0.3 is 0 Å². The summed E-state index contributed by atoms with van der Waals surface area (Å²) in [6.07, 6.45) is 0. The van der Waals surface area contributed by atoms with Gasteiger partial charge in [-0.1, -0.05) is 41.4 Å². The molecule has 0 saturated carbocycles. The van der Waals surface area contributed by atoms with Crippen molar-refractivity contribution in [3.8, 4) is 0 Å². The Balaban J connectivity index is 1.58. The van der Waals surface area contributed by atoms with E-state index >= 15 is 0 Å². The number of aromatic nitrogens is 4. The number of hydrogen-bond acceptors (Lipinski definition) is 6. The number of nitrogens with one attached hydrogen (secondary N) is 2. The summed E-state index contributed by atoms with van der Waals surface area (Å²) >= 11 is 7.89. The number of aromatic amines is 1. The molecule has 4 rings (SSSR count). The monoisotopic (exact) mass is 423 g/mol. The first kappa shape index (κ1) is 19.4. The first-order chi connectivity index (χ1) is 14.0. The van der Waals surface area contributed by atoms with Crippen LogP contribution in [0.25, 0.3) is 10.9 Å². The second-order valence-corrected chi connectivity index (χ2v) is 8.04. The van der Waals surface area contributed by atoms with Gasteiger partial charge in [0.15, 0.2) is 0 Å². The number of benzene rings is 2. The highest BCUT2D eigenvalue weighted by Crippen LogP contribution is 2.25. The number of para-hydroxylation sites is 1. The number of hydrogen-bond donors (Lipinski definition) is 2. The predicted octanol–water partition coefficient (Wildman–Crippen LogP) is 5.02. The van der Waals surface area contributed by atoms with E-state index in [1.54, 1.807) is 17.8 Å². The van der Waals surface area contributed by atoms with Crippen LogP contribution in [-0.2, 0) is 5.75 Å². The summed E-state index contributed by atoms with van der Waals surface area (Å²) in [6.45, 7) is 3.94. The molecule has 146 valence electrons. The highest BCUT2D eigenvalue weighted by molar-refractivity contribution is 7.98. The Hall–Kier alpha value is -2.90. The summed E-state index contributed by atoms with van der Waals surface area (Å²) in [5.41, 5.74) is 3.07. The van der Waals surface area contributed by atoms with Crippen LogP contribution in [0.3, 0.4) is 0 Å². The maximum atomic E-state index is 12.1. The molecule has 6 nitrogen and oxygen atoms in total. The van der Waals surface area contributed by atoms with Crippen LogP contribution in [0.4, 0.5) is 11.9 Å². The van der Waals surface area contributed by atoms with Crippen molar-refractivity contribution < 1.29 is 0 Å². The lowest BCUT2D eigenvalue weighted by molar-refractivity contribution is 1.04. The number of halogens is 1. The second kappa shape index (κ2) is 8.23. The number of rotatable bonds is 5. The van der Waals surface area contributed by atoms with Gasteiger partial charge in [-0.2, -0.15) is 0 Å². The summed E-state index contributed by atoms with van der Waals surface area (Å²) in [4.78, 5) is 29.3. The number of H-pyrrole nitrogens is 1. The Bertz CT molecular complexity index is 1240. The van der Waals surface area contributed by atoms with Crippen molar-refractivity contribution in [2.75, 3.05) is 5.32 Å². The van der Waals surface area contributed by atoms with Crippen molar-refractivity contribution in [1.82, 2.24) is 19.9 Å². The minimum Gasteiger partial charge on any atom is -0.294 e. The zero-order chi connectivity index (χ0) is 20.4. The van der Waals surface area contributed by atoms with E-state index in [9.17, 15) is 4.79 Å². The molecule has 0 aliphatic carbocycles. The second-order valence-electron chi connectivity index (χ2n) is 6.58. The van der Waals surface area contributed by atoms with Gasteiger partial charge in [-0.15, -0.1) is 11.8 Å². The van der Waals surface area contributed by atoms with Gasteiger partial charge in [0, 0.05) is 22.1 Å². The van der Waals surface area contributed by atoms with Gasteiger partial charge in [0.2, 0.25) is 11.9 Å². The Morgan fingerprint density at radius 2 is 1.86 bits per heavy atom. The first-order valence-electron chi connectivity index (χ1n) is 8.97. The van der Waals surface area contributed by atoms with Crippen LogP contribution in [0.2, 0.25) is 5.02 Å². The third-order valence-corrected chi connectivity index (χ3v) is 5.65. The van der Waals surface area contributed by atoms with E-state index in [-0.39, 0.29) is 5.56 Å². The van der Waals surface area contributed by atoms with Crippen LogP contribution in [0.5, 0.6) is 0 Å². The summed E-state index contributed by atoms with van der Waals surface area (Å²) in [5.74, 6) is 1.20. The molecule has 0 unspecified atom stereocenters. The maximum Gasteiger partial charge on any atom is 0.252 e. The molecule has 0 spiro atoms. The fourth-order valence-electron chi connectivity index (χ4n) is 2.87. The Morgan fingerprint density at radius 3 is 2.66 bits per heavy atom. The molecule has 8 heteroatoms. The molecule has 0 aliphatic heterocycles. The highest BCUT2D eigenvalue weighted by Gasteiger charge is 2.09. The van der Waals surface area contributed by atoms with E-state index in [1.807, 2.05) is 19.1 Å². The standard InChI is InChI=1S/C21H18ClN5OS/c1-12-6-8-15(9-7-12)29-11-14-10-18(28)25-21(24-14)27-20-23-13(2)16-4-3-5-17(22)19(16)26-20/h3-10H,11H2,1-2H3,(H2,23,24,25,26,27,28). The Kier molecular flexibility index (Phi) is 5.51. The molecule has 2 N–H and O–H groups in total. The number of fused-ring (bicyclic) bond motifs is 1. The lowest BCUT2D eigenvalue weighted by Crippen LogP contribution is -2.13. The average Bonchev–Trinajstić information content (AvgIpc) is 2.68. The van der Waals surface area contributed by atoms with Crippen molar-refractivity contribution in [3.63, 3.8) is 0 Å². The normalized spacial score (nSPS) is 11.0. The Morgan fingerprint density at radius 1 is 1.07 bits per heavy atom. The molecule has 0 fully saturated rings. The number of anilines is 2. The van der Waals surface area contributed by atoms with Gasteiger partial charge in [-0.25, -0.2) is 15.0 Å². The quantitative estimate of drug-likeness (QED) is 0.438. The van der Waals surface area contributed by atoms with E-state index in [0.29, 0.717) is 33.9 Å². The summed E-state index contributed by atoms with van der Waals surface area (Å²) < 4.78 is 0. The first-order valence-corrected chi connectivity index (χ1v) is 10.3. The zero-order valence-corrected chi connectivity index (χ0v) is 17.4. The molecular formula is C21H18ClN5OS. The maximum absolute atomic E-state index is 12.1. The molecule has 0 aliphatic rings. The minimum absolute atomic E-state index is 0.238. The SMILES string of the molecule is Cc1ccc(SCc2cc(=O)[nH]c(Nc3nc(C)c4cccc(Cl)c4n3)n2)cc1.